The Morgan fingerprint density at radius 1 is 1.00 bits per heavy atom. The third kappa shape index (κ3) is 1.78. The highest BCUT2D eigenvalue weighted by molar-refractivity contribution is 5.71. The first-order valence-corrected chi connectivity index (χ1v) is 10.3. The van der Waals surface area contributed by atoms with E-state index in [1.165, 1.54) is 51.4 Å². The summed E-state index contributed by atoms with van der Waals surface area (Å²) in [7, 11) is 0. The number of aliphatic imine (C=N–C) groups is 1. The van der Waals surface area contributed by atoms with Crippen LogP contribution in [0.1, 0.15) is 72.1 Å². The maximum Gasteiger partial charge on any atom is 0.0504 e. The molecular weight excluding hydrogens is 278 g/mol. The van der Waals surface area contributed by atoms with Crippen molar-refractivity contribution in [3.05, 3.63) is 11.6 Å². The van der Waals surface area contributed by atoms with Crippen molar-refractivity contribution in [3.63, 3.8) is 0 Å². The van der Waals surface area contributed by atoms with Crippen LogP contribution in [0.2, 0.25) is 0 Å². The van der Waals surface area contributed by atoms with Crippen molar-refractivity contribution in [2.24, 2.45) is 45.4 Å². The lowest BCUT2D eigenvalue weighted by molar-refractivity contribution is -0.0171. The molecule has 0 aromatic carbocycles. The van der Waals surface area contributed by atoms with E-state index in [4.69, 9.17) is 4.99 Å². The average molecular weight is 312 g/mol. The Kier molecular flexibility index (Phi) is 3.03. The highest BCUT2D eigenvalue weighted by Crippen LogP contribution is 2.67. The van der Waals surface area contributed by atoms with Gasteiger partial charge in [-0.3, -0.25) is 4.99 Å². The minimum atomic E-state index is 0.504. The molecule has 1 heterocycles. The van der Waals surface area contributed by atoms with E-state index in [9.17, 15) is 0 Å². The fourth-order valence-electron chi connectivity index (χ4n) is 7.92. The van der Waals surface area contributed by atoms with Gasteiger partial charge in [-0.25, -0.2) is 0 Å². The van der Waals surface area contributed by atoms with Gasteiger partial charge in [-0.05, 0) is 93.3 Å². The van der Waals surface area contributed by atoms with Gasteiger partial charge in [-0.2, -0.15) is 0 Å². The molecule has 3 saturated carbocycles. The first-order valence-electron chi connectivity index (χ1n) is 10.3. The minimum Gasteiger partial charge on any atom is -0.294 e. The van der Waals surface area contributed by atoms with E-state index in [0.717, 1.165) is 29.6 Å². The lowest BCUT2D eigenvalue weighted by Gasteiger charge is -2.57. The molecule has 0 aromatic heterocycles. The van der Waals surface area contributed by atoms with Crippen molar-refractivity contribution in [1.82, 2.24) is 0 Å². The van der Waals surface area contributed by atoms with Gasteiger partial charge in [-0.1, -0.05) is 25.5 Å². The molecule has 8 unspecified atom stereocenters. The van der Waals surface area contributed by atoms with Crippen LogP contribution in [0.15, 0.2) is 16.6 Å². The van der Waals surface area contributed by atoms with E-state index in [1.807, 2.05) is 5.57 Å². The summed E-state index contributed by atoms with van der Waals surface area (Å²) < 4.78 is 0. The molecule has 126 valence electrons. The predicted octanol–water partition coefficient (Wildman–Crippen LogP) is 5.65. The Balaban J connectivity index is 1.51. The molecule has 1 aliphatic heterocycles. The van der Waals surface area contributed by atoms with Crippen LogP contribution >= 0.6 is 0 Å². The van der Waals surface area contributed by atoms with Gasteiger partial charge in [0.1, 0.15) is 0 Å². The van der Waals surface area contributed by atoms with E-state index >= 15 is 0 Å². The van der Waals surface area contributed by atoms with Gasteiger partial charge < -0.3 is 0 Å². The van der Waals surface area contributed by atoms with Crippen LogP contribution in [0.25, 0.3) is 0 Å². The second-order valence-electron chi connectivity index (χ2n) is 9.96. The average Bonchev–Trinajstić information content (AvgIpc) is 3.06. The Labute approximate surface area is 142 Å². The monoisotopic (exact) mass is 311 g/mol. The predicted molar refractivity (Wildman–Crippen MR) is 96.6 cm³/mol. The van der Waals surface area contributed by atoms with E-state index in [1.54, 1.807) is 0 Å². The van der Waals surface area contributed by atoms with E-state index in [-0.39, 0.29) is 0 Å². The summed E-state index contributed by atoms with van der Waals surface area (Å²) >= 11 is 0. The van der Waals surface area contributed by atoms with Gasteiger partial charge in [-0.15, -0.1) is 0 Å². The van der Waals surface area contributed by atoms with Crippen molar-refractivity contribution >= 4 is 6.21 Å². The highest BCUT2D eigenvalue weighted by atomic mass is 14.9. The third-order valence-electron chi connectivity index (χ3n) is 9.14. The zero-order valence-corrected chi connectivity index (χ0v) is 15.2. The van der Waals surface area contributed by atoms with Crippen molar-refractivity contribution in [1.29, 1.82) is 0 Å². The molecule has 1 nitrogen and oxygen atoms in total. The normalized spacial score (nSPS) is 57.3. The van der Waals surface area contributed by atoms with E-state index < -0.39 is 0 Å². The largest absolute Gasteiger partial charge is 0.294 e. The van der Waals surface area contributed by atoms with Crippen LogP contribution < -0.4 is 0 Å². The maximum atomic E-state index is 4.90. The summed E-state index contributed by atoms with van der Waals surface area (Å²) in [5.41, 5.74) is 2.89. The Morgan fingerprint density at radius 3 is 2.70 bits per heavy atom. The number of allylic oxidation sites excluding steroid dienone is 2. The molecular formula is C22H33N. The fourth-order valence-corrected chi connectivity index (χ4v) is 7.92. The van der Waals surface area contributed by atoms with Crippen molar-refractivity contribution in [2.45, 2.75) is 78.2 Å². The molecule has 0 N–H and O–H groups in total. The summed E-state index contributed by atoms with van der Waals surface area (Å²) in [6.45, 7) is 7.46. The highest BCUT2D eigenvalue weighted by Gasteiger charge is 2.61. The Morgan fingerprint density at radius 2 is 1.83 bits per heavy atom. The van der Waals surface area contributed by atoms with Crippen molar-refractivity contribution in [2.75, 3.05) is 0 Å². The first kappa shape index (κ1) is 14.7. The van der Waals surface area contributed by atoms with Gasteiger partial charge in [0.2, 0.25) is 0 Å². The van der Waals surface area contributed by atoms with Crippen LogP contribution in [0.4, 0.5) is 0 Å². The first-order chi connectivity index (χ1) is 11.0. The quantitative estimate of drug-likeness (QED) is 0.512. The standard InChI is InChI=1S/C22H33N/c1-14-8-10-21(3)16(12-14)4-5-17-19(21)9-11-22-13-23-15(2)18(22)6-7-20(17)22/h4,13-15,17-20H,5-12H2,1-3H3. The number of rotatable bonds is 0. The maximum absolute atomic E-state index is 4.90. The summed E-state index contributed by atoms with van der Waals surface area (Å²) in [5, 5.41) is 0. The molecule has 1 heteroatoms. The second-order valence-corrected chi connectivity index (χ2v) is 9.96. The Hall–Kier alpha value is -0.590. The molecule has 0 bridgehead atoms. The number of hydrogen-bond donors (Lipinski definition) is 0. The molecule has 1 spiro atoms. The number of nitrogens with zero attached hydrogens (tertiary/aromatic N) is 1. The molecule has 0 amide bonds. The molecule has 4 aliphatic carbocycles. The SMILES string of the molecule is CC1CCC2(C)C(=CCC3C2CCC24C=NC(C)C2CCC34)C1. The summed E-state index contributed by atoms with van der Waals surface area (Å²) in [6, 6.07) is 0.595. The minimum absolute atomic E-state index is 0.504. The molecule has 8 atom stereocenters. The molecule has 0 radical (unpaired) electrons. The lowest BCUT2D eigenvalue weighted by Crippen LogP contribution is -2.51. The van der Waals surface area contributed by atoms with Crippen LogP contribution in [-0.2, 0) is 0 Å². The molecule has 0 saturated heterocycles. The Bertz CT molecular complexity index is 575. The zero-order valence-electron chi connectivity index (χ0n) is 15.2. The zero-order chi connectivity index (χ0) is 15.8. The van der Waals surface area contributed by atoms with Crippen LogP contribution in [0.3, 0.4) is 0 Å². The number of fused-ring (bicyclic) bond motifs is 4. The molecule has 0 aromatic rings. The topological polar surface area (TPSA) is 12.4 Å². The van der Waals surface area contributed by atoms with E-state index in [0.29, 0.717) is 16.9 Å². The van der Waals surface area contributed by atoms with Crippen molar-refractivity contribution in [3.8, 4) is 0 Å². The smallest absolute Gasteiger partial charge is 0.0504 e. The summed E-state index contributed by atoms with van der Waals surface area (Å²) in [6.07, 6.45) is 16.7. The second kappa shape index (κ2) is 4.73. The summed E-state index contributed by atoms with van der Waals surface area (Å²) in [5.74, 6) is 4.65. The van der Waals surface area contributed by atoms with Gasteiger partial charge in [0.15, 0.2) is 0 Å². The third-order valence-corrected chi connectivity index (χ3v) is 9.14. The fraction of sp³-hybridized carbons (Fsp3) is 0.864. The van der Waals surface area contributed by atoms with Gasteiger partial charge >= 0.3 is 0 Å². The van der Waals surface area contributed by atoms with Gasteiger partial charge in [0.25, 0.3) is 0 Å². The lowest BCUT2D eigenvalue weighted by atomic mass is 9.47. The van der Waals surface area contributed by atoms with Gasteiger partial charge in [0.05, 0.1) is 6.04 Å². The number of hydrogen-bond acceptors (Lipinski definition) is 1. The van der Waals surface area contributed by atoms with Crippen LogP contribution in [0, 0.1) is 40.4 Å². The van der Waals surface area contributed by atoms with Crippen LogP contribution in [0.5, 0.6) is 0 Å². The molecule has 5 aliphatic rings. The molecule has 23 heavy (non-hydrogen) atoms. The van der Waals surface area contributed by atoms with Crippen LogP contribution in [-0.4, -0.2) is 12.3 Å². The molecule has 5 rings (SSSR count). The molecule has 3 fully saturated rings. The van der Waals surface area contributed by atoms with E-state index in [2.05, 4.69) is 33.1 Å². The van der Waals surface area contributed by atoms with Crippen molar-refractivity contribution < 1.29 is 0 Å². The van der Waals surface area contributed by atoms with Gasteiger partial charge in [0, 0.05) is 11.6 Å². The summed E-state index contributed by atoms with van der Waals surface area (Å²) in [4.78, 5) is 4.90.